The maximum Gasteiger partial charge on any atom is 0.339 e. The molecule has 0 aromatic heterocycles. The predicted octanol–water partition coefficient (Wildman–Crippen LogP) is 3.74. The lowest BCUT2D eigenvalue weighted by Crippen LogP contribution is -2.27. The summed E-state index contributed by atoms with van der Waals surface area (Å²) in [5.74, 6) is 5.54. The fourth-order valence-corrected chi connectivity index (χ4v) is 3.00. The monoisotopic (exact) mass is 336 g/mol. The normalized spacial score (nSPS) is 14.6. The molecule has 1 aliphatic rings. The van der Waals surface area contributed by atoms with Crippen LogP contribution in [0.4, 0.5) is 0 Å². The Bertz CT molecular complexity index is 884. The van der Waals surface area contributed by atoms with Crippen molar-refractivity contribution in [3.8, 4) is 23.3 Å². The van der Waals surface area contributed by atoms with Gasteiger partial charge in [0.25, 0.3) is 0 Å². The van der Waals surface area contributed by atoms with E-state index in [-0.39, 0.29) is 16.7 Å². The number of carboxylic acids is 1. The van der Waals surface area contributed by atoms with Crippen LogP contribution in [-0.4, -0.2) is 22.8 Å². The first-order chi connectivity index (χ1) is 11.9. The van der Waals surface area contributed by atoms with Crippen molar-refractivity contribution in [3.05, 3.63) is 58.7 Å². The maximum absolute atomic E-state index is 10.9. The summed E-state index contributed by atoms with van der Waals surface area (Å²) in [6.07, 6.45) is 1.52. The smallest absolute Gasteiger partial charge is 0.339 e. The topological polar surface area (TPSA) is 66.8 Å². The van der Waals surface area contributed by atoms with Crippen molar-refractivity contribution in [2.75, 3.05) is 6.61 Å². The first-order valence-electron chi connectivity index (χ1n) is 8.19. The molecule has 0 radical (unpaired) electrons. The number of carbonyl (C=O) groups is 1. The minimum atomic E-state index is -1.16. The van der Waals surface area contributed by atoms with Crippen LogP contribution in [0.5, 0.6) is 11.5 Å². The molecule has 128 valence electrons. The first-order valence-corrected chi connectivity index (χ1v) is 8.19. The van der Waals surface area contributed by atoms with E-state index in [0.717, 1.165) is 17.7 Å². The second-order valence-corrected chi connectivity index (χ2v) is 6.79. The zero-order chi connectivity index (χ0) is 18.0. The highest BCUT2D eigenvalue weighted by atomic mass is 16.5. The predicted molar refractivity (Wildman–Crippen MR) is 95.2 cm³/mol. The Balaban J connectivity index is 1.83. The number of hydrogen-bond donors (Lipinski definition) is 2. The number of aromatic hydroxyl groups is 1. The van der Waals surface area contributed by atoms with Crippen LogP contribution < -0.4 is 4.74 Å². The van der Waals surface area contributed by atoms with Crippen LogP contribution in [0.15, 0.2) is 36.4 Å². The number of benzene rings is 2. The molecule has 25 heavy (non-hydrogen) atoms. The number of ether oxygens (including phenoxy) is 1. The summed E-state index contributed by atoms with van der Waals surface area (Å²) in [5, 5.41) is 18.7. The summed E-state index contributed by atoms with van der Waals surface area (Å²) in [4.78, 5) is 10.9. The van der Waals surface area contributed by atoms with Gasteiger partial charge in [-0.25, -0.2) is 4.79 Å². The number of phenols is 1. The van der Waals surface area contributed by atoms with Crippen molar-refractivity contribution < 1.29 is 19.7 Å². The SMILES string of the molecule is CC1(C)CCOc2c(CC#Cc3ccc(C(=O)O)c(O)c3)cccc21. The minimum Gasteiger partial charge on any atom is -0.507 e. The van der Waals surface area contributed by atoms with Gasteiger partial charge in [-0.3, -0.25) is 0 Å². The van der Waals surface area contributed by atoms with E-state index in [1.807, 2.05) is 12.1 Å². The Kier molecular flexibility index (Phi) is 4.41. The minimum absolute atomic E-state index is 0.0927. The van der Waals surface area contributed by atoms with Gasteiger partial charge in [0, 0.05) is 23.1 Å². The first kappa shape index (κ1) is 16.9. The molecule has 4 heteroatoms. The van der Waals surface area contributed by atoms with Crippen LogP contribution in [0.2, 0.25) is 0 Å². The van der Waals surface area contributed by atoms with Crippen molar-refractivity contribution in [2.24, 2.45) is 0 Å². The molecule has 0 unspecified atom stereocenters. The van der Waals surface area contributed by atoms with Crippen LogP contribution >= 0.6 is 0 Å². The van der Waals surface area contributed by atoms with Crippen molar-refractivity contribution in [3.63, 3.8) is 0 Å². The van der Waals surface area contributed by atoms with E-state index in [1.54, 1.807) is 6.07 Å². The number of rotatable bonds is 2. The summed E-state index contributed by atoms with van der Waals surface area (Å²) in [5.41, 5.74) is 2.80. The fourth-order valence-electron chi connectivity index (χ4n) is 3.00. The average Bonchev–Trinajstić information content (AvgIpc) is 2.55. The molecule has 3 rings (SSSR count). The van der Waals surface area contributed by atoms with Crippen molar-refractivity contribution in [2.45, 2.75) is 32.1 Å². The molecule has 0 atom stereocenters. The van der Waals surface area contributed by atoms with E-state index in [4.69, 9.17) is 9.84 Å². The molecule has 2 aromatic carbocycles. The lowest BCUT2D eigenvalue weighted by Gasteiger charge is -2.33. The number of hydrogen-bond acceptors (Lipinski definition) is 3. The van der Waals surface area contributed by atoms with Crippen molar-refractivity contribution in [1.29, 1.82) is 0 Å². The second-order valence-electron chi connectivity index (χ2n) is 6.79. The molecule has 1 aliphatic heterocycles. The quantitative estimate of drug-likeness (QED) is 0.820. The van der Waals surface area contributed by atoms with E-state index >= 15 is 0 Å². The molecule has 1 heterocycles. The average molecular weight is 336 g/mol. The number of fused-ring (bicyclic) bond motifs is 1. The molecule has 0 spiro atoms. The number of carboxylic acid groups (broad SMARTS) is 1. The van der Waals surface area contributed by atoms with Crippen LogP contribution in [0, 0.1) is 11.8 Å². The molecular formula is C21H20O4. The van der Waals surface area contributed by atoms with Gasteiger partial charge in [0.05, 0.1) is 6.61 Å². The Morgan fingerprint density at radius 3 is 2.80 bits per heavy atom. The van der Waals surface area contributed by atoms with Crippen molar-refractivity contribution in [1.82, 2.24) is 0 Å². The Hall–Kier alpha value is -2.93. The Morgan fingerprint density at radius 1 is 1.28 bits per heavy atom. The second kappa shape index (κ2) is 6.52. The lowest BCUT2D eigenvalue weighted by molar-refractivity contribution is 0.0693. The summed E-state index contributed by atoms with van der Waals surface area (Å²) in [6.45, 7) is 5.14. The van der Waals surface area contributed by atoms with Crippen LogP contribution in [-0.2, 0) is 11.8 Å². The molecule has 0 bridgehead atoms. The third kappa shape index (κ3) is 3.46. The molecule has 0 fully saturated rings. The fraction of sp³-hybridized carbons (Fsp3) is 0.286. The highest BCUT2D eigenvalue weighted by molar-refractivity contribution is 5.90. The van der Waals surface area contributed by atoms with E-state index in [2.05, 4.69) is 31.8 Å². The van der Waals surface area contributed by atoms with Gasteiger partial charge in [-0.2, -0.15) is 0 Å². The lowest BCUT2D eigenvalue weighted by atomic mass is 9.79. The summed E-state index contributed by atoms with van der Waals surface area (Å²) < 4.78 is 5.88. The van der Waals surface area contributed by atoms with Gasteiger partial charge in [0.2, 0.25) is 0 Å². The zero-order valence-corrected chi connectivity index (χ0v) is 14.3. The molecule has 0 aliphatic carbocycles. The van der Waals surface area contributed by atoms with E-state index in [9.17, 15) is 9.90 Å². The molecule has 0 amide bonds. The summed E-state index contributed by atoms with van der Waals surface area (Å²) in [7, 11) is 0. The molecule has 0 saturated carbocycles. The molecule has 2 aromatic rings. The Morgan fingerprint density at radius 2 is 2.08 bits per heavy atom. The largest absolute Gasteiger partial charge is 0.507 e. The highest BCUT2D eigenvalue weighted by Crippen LogP contribution is 2.40. The van der Waals surface area contributed by atoms with E-state index in [1.165, 1.54) is 17.7 Å². The van der Waals surface area contributed by atoms with Gasteiger partial charge in [0.15, 0.2) is 0 Å². The van der Waals surface area contributed by atoms with E-state index < -0.39 is 5.97 Å². The molecule has 0 saturated heterocycles. The molecule has 2 N–H and O–H groups in total. The molecule has 4 nitrogen and oxygen atoms in total. The highest BCUT2D eigenvalue weighted by Gasteiger charge is 2.29. The van der Waals surface area contributed by atoms with Gasteiger partial charge in [-0.05, 0) is 30.0 Å². The molecular weight excluding hydrogens is 316 g/mol. The third-order valence-electron chi connectivity index (χ3n) is 4.54. The van der Waals surface area contributed by atoms with Gasteiger partial charge < -0.3 is 14.9 Å². The van der Waals surface area contributed by atoms with Gasteiger partial charge in [-0.15, -0.1) is 0 Å². The van der Waals surface area contributed by atoms with Gasteiger partial charge in [0.1, 0.15) is 17.1 Å². The van der Waals surface area contributed by atoms with Crippen molar-refractivity contribution >= 4 is 5.97 Å². The Labute approximate surface area is 147 Å². The standard InChI is InChI=1S/C21H20O4/c1-21(2)11-12-25-19-15(7-4-8-17(19)21)6-3-5-14-9-10-16(20(23)24)18(22)13-14/h4,7-10,13,22H,6,11-12H2,1-2H3,(H,23,24). The third-order valence-corrected chi connectivity index (χ3v) is 4.54. The summed E-state index contributed by atoms with van der Waals surface area (Å²) >= 11 is 0. The van der Waals surface area contributed by atoms with Crippen LogP contribution in [0.25, 0.3) is 0 Å². The number of aromatic carboxylic acids is 1. The van der Waals surface area contributed by atoms with Crippen LogP contribution in [0.3, 0.4) is 0 Å². The van der Waals surface area contributed by atoms with E-state index in [0.29, 0.717) is 18.6 Å². The number of para-hydroxylation sites is 1. The zero-order valence-electron chi connectivity index (χ0n) is 14.3. The van der Waals surface area contributed by atoms with Gasteiger partial charge in [-0.1, -0.05) is 43.9 Å². The van der Waals surface area contributed by atoms with Crippen LogP contribution in [0.1, 0.15) is 47.3 Å². The van der Waals surface area contributed by atoms with Gasteiger partial charge >= 0.3 is 5.97 Å². The maximum atomic E-state index is 10.9. The summed E-state index contributed by atoms with van der Waals surface area (Å²) in [6, 6.07) is 10.5.